The molecule has 1 saturated heterocycles. The van der Waals surface area contributed by atoms with E-state index in [1.807, 2.05) is 38.1 Å². The Bertz CT molecular complexity index is 795. The number of hydrogen-bond donors (Lipinski definition) is 2. The molecule has 6 nitrogen and oxygen atoms in total. The van der Waals surface area contributed by atoms with Gasteiger partial charge < -0.3 is 20.2 Å². The lowest BCUT2D eigenvalue weighted by atomic mass is 10.2. The third-order valence-electron chi connectivity index (χ3n) is 4.38. The molecule has 1 aromatic carbocycles. The Morgan fingerprint density at radius 1 is 1.12 bits per heavy atom. The second-order valence-electron chi connectivity index (χ2n) is 6.43. The van der Waals surface area contributed by atoms with Crippen molar-refractivity contribution in [2.24, 2.45) is 0 Å². The van der Waals surface area contributed by atoms with Gasteiger partial charge in [-0.25, -0.2) is 9.78 Å². The molecule has 0 spiro atoms. The number of nitrogens with one attached hydrogen (secondary N) is 1. The van der Waals surface area contributed by atoms with E-state index in [0.29, 0.717) is 10.7 Å². The van der Waals surface area contributed by atoms with E-state index in [-0.39, 0.29) is 0 Å². The van der Waals surface area contributed by atoms with Crippen LogP contribution in [0, 0.1) is 13.8 Å². The van der Waals surface area contributed by atoms with Crippen molar-refractivity contribution in [2.75, 3.05) is 36.4 Å². The molecular formula is C19H22N4O2S. The molecule has 1 aromatic heterocycles. The maximum Gasteiger partial charge on any atom is 0.335 e. The van der Waals surface area contributed by atoms with Gasteiger partial charge in [0.25, 0.3) is 0 Å². The van der Waals surface area contributed by atoms with Crippen molar-refractivity contribution < 1.29 is 9.90 Å². The molecule has 2 heterocycles. The van der Waals surface area contributed by atoms with Crippen molar-refractivity contribution in [3.05, 3.63) is 53.2 Å². The van der Waals surface area contributed by atoms with Crippen LogP contribution >= 0.6 is 12.2 Å². The molecule has 26 heavy (non-hydrogen) atoms. The highest BCUT2D eigenvalue weighted by atomic mass is 32.1. The molecule has 0 bridgehead atoms. The number of thiocarbonyl (C=S) groups is 1. The smallest absolute Gasteiger partial charge is 0.335 e. The largest absolute Gasteiger partial charge is 0.478 e. The third-order valence-corrected chi connectivity index (χ3v) is 4.74. The lowest BCUT2D eigenvalue weighted by molar-refractivity contribution is 0.0697. The Hall–Kier alpha value is -2.67. The molecule has 1 fully saturated rings. The number of carboxylic acid groups (broad SMARTS) is 1. The molecule has 0 radical (unpaired) electrons. The number of rotatable bonds is 3. The standard InChI is InChI=1S/C19H22N4O2S/c1-13-11-14(2)20-17(12-13)21-19(26)23-9-7-22(8-10-23)16-5-3-15(4-6-16)18(24)25/h3-6,11-12H,7-10H2,1-2H3,(H,24,25)(H,20,21,26). The number of hydrogen-bond acceptors (Lipinski definition) is 4. The normalized spacial score (nSPS) is 14.2. The van der Waals surface area contributed by atoms with E-state index in [1.165, 1.54) is 0 Å². The van der Waals surface area contributed by atoms with Gasteiger partial charge in [0.2, 0.25) is 0 Å². The van der Waals surface area contributed by atoms with Crippen LogP contribution in [0.1, 0.15) is 21.6 Å². The van der Waals surface area contributed by atoms with Crippen molar-refractivity contribution in [3.8, 4) is 0 Å². The van der Waals surface area contributed by atoms with Crippen LogP contribution in [0.5, 0.6) is 0 Å². The van der Waals surface area contributed by atoms with Crippen LogP contribution in [0.3, 0.4) is 0 Å². The molecule has 0 amide bonds. The quantitative estimate of drug-likeness (QED) is 0.805. The predicted molar refractivity (Wildman–Crippen MR) is 107 cm³/mol. The van der Waals surface area contributed by atoms with Crippen LogP contribution < -0.4 is 10.2 Å². The highest BCUT2D eigenvalue weighted by Crippen LogP contribution is 2.18. The second kappa shape index (κ2) is 7.70. The number of aromatic carboxylic acids is 1. The zero-order valence-electron chi connectivity index (χ0n) is 14.9. The van der Waals surface area contributed by atoms with Crippen LogP contribution in [-0.2, 0) is 0 Å². The number of carbonyl (C=O) groups is 1. The van der Waals surface area contributed by atoms with Gasteiger partial charge in [0.05, 0.1) is 5.56 Å². The Morgan fingerprint density at radius 2 is 1.77 bits per heavy atom. The summed E-state index contributed by atoms with van der Waals surface area (Å²) in [5, 5.41) is 12.9. The summed E-state index contributed by atoms with van der Waals surface area (Å²) in [5.41, 5.74) is 3.45. The minimum absolute atomic E-state index is 0.304. The van der Waals surface area contributed by atoms with Crippen molar-refractivity contribution in [1.82, 2.24) is 9.88 Å². The van der Waals surface area contributed by atoms with Crippen LogP contribution in [0.25, 0.3) is 0 Å². The van der Waals surface area contributed by atoms with Gasteiger partial charge >= 0.3 is 5.97 Å². The summed E-state index contributed by atoms with van der Waals surface area (Å²) in [6.45, 7) is 7.27. The summed E-state index contributed by atoms with van der Waals surface area (Å²) in [6, 6.07) is 11.0. The average Bonchev–Trinajstić information content (AvgIpc) is 2.61. The van der Waals surface area contributed by atoms with Crippen LogP contribution in [0.2, 0.25) is 0 Å². The Kier molecular flexibility index (Phi) is 5.37. The summed E-state index contributed by atoms with van der Waals surface area (Å²) in [6.07, 6.45) is 0. The average molecular weight is 370 g/mol. The monoisotopic (exact) mass is 370 g/mol. The van der Waals surface area contributed by atoms with E-state index in [1.54, 1.807) is 12.1 Å². The van der Waals surface area contributed by atoms with Crippen molar-refractivity contribution in [2.45, 2.75) is 13.8 Å². The van der Waals surface area contributed by atoms with E-state index >= 15 is 0 Å². The van der Waals surface area contributed by atoms with Crippen LogP contribution in [-0.4, -0.2) is 52.3 Å². The Balaban J connectivity index is 1.57. The maximum absolute atomic E-state index is 11.0. The molecule has 0 aliphatic carbocycles. The lowest BCUT2D eigenvalue weighted by Gasteiger charge is -2.37. The molecule has 7 heteroatoms. The highest BCUT2D eigenvalue weighted by molar-refractivity contribution is 7.80. The topological polar surface area (TPSA) is 68.7 Å². The molecule has 0 saturated carbocycles. The Morgan fingerprint density at radius 3 is 2.35 bits per heavy atom. The van der Waals surface area contributed by atoms with Gasteiger partial charge in [0.15, 0.2) is 5.11 Å². The van der Waals surface area contributed by atoms with E-state index in [2.05, 4.69) is 20.1 Å². The molecule has 0 atom stereocenters. The zero-order valence-corrected chi connectivity index (χ0v) is 15.7. The van der Waals surface area contributed by atoms with E-state index in [0.717, 1.165) is 48.9 Å². The summed E-state index contributed by atoms with van der Waals surface area (Å²) >= 11 is 5.53. The fraction of sp³-hybridized carbons (Fsp3) is 0.316. The van der Waals surface area contributed by atoms with Gasteiger partial charge in [0.1, 0.15) is 5.82 Å². The molecule has 136 valence electrons. The molecule has 1 aliphatic rings. The van der Waals surface area contributed by atoms with Crippen LogP contribution in [0.4, 0.5) is 11.5 Å². The van der Waals surface area contributed by atoms with Gasteiger partial charge in [-0.2, -0.15) is 0 Å². The minimum Gasteiger partial charge on any atom is -0.478 e. The van der Waals surface area contributed by atoms with Gasteiger partial charge in [-0.15, -0.1) is 0 Å². The van der Waals surface area contributed by atoms with Gasteiger partial charge in [-0.3, -0.25) is 0 Å². The number of anilines is 2. The molecule has 0 unspecified atom stereocenters. The predicted octanol–water partition coefficient (Wildman–Crippen LogP) is 2.92. The first kappa shape index (κ1) is 18.1. The number of aryl methyl sites for hydroxylation is 2. The van der Waals surface area contributed by atoms with E-state index in [9.17, 15) is 4.79 Å². The maximum atomic E-state index is 11.0. The fourth-order valence-corrected chi connectivity index (χ4v) is 3.36. The highest BCUT2D eigenvalue weighted by Gasteiger charge is 2.19. The van der Waals surface area contributed by atoms with Gasteiger partial charge in [0, 0.05) is 37.6 Å². The van der Waals surface area contributed by atoms with Crippen molar-refractivity contribution in [3.63, 3.8) is 0 Å². The first-order valence-electron chi connectivity index (χ1n) is 8.52. The molecule has 1 aliphatic heterocycles. The summed E-state index contributed by atoms with van der Waals surface area (Å²) in [7, 11) is 0. The zero-order chi connectivity index (χ0) is 18.7. The SMILES string of the molecule is Cc1cc(C)nc(NC(=S)N2CCN(c3ccc(C(=O)O)cc3)CC2)c1. The number of piperazine rings is 1. The molecule has 2 N–H and O–H groups in total. The number of aromatic nitrogens is 1. The minimum atomic E-state index is -0.905. The van der Waals surface area contributed by atoms with Gasteiger partial charge in [-0.05, 0) is 68.0 Å². The number of carboxylic acids is 1. The molecular weight excluding hydrogens is 348 g/mol. The molecule has 2 aromatic rings. The summed E-state index contributed by atoms with van der Waals surface area (Å²) < 4.78 is 0. The number of benzene rings is 1. The number of pyridine rings is 1. The fourth-order valence-electron chi connectivity index (χ4n) is 3.08. The lowest BCUT2D eigenvalue weighted by Crippen LogP contribution is -2.50. The first-order valence-corrected chi connectivity index (χ1v) is 8.93. The summed E-state index contributed by atoms with van der Waals surface area (Å²) in [5.74, 6) is -0.128. The summed E-state index contributed by atoms with van der Waals surface area (Å²) in [4.78, 5) is 19.8. The second-order valence-corrected chi connectivity index (χ2v) is 6.81. The van der Waals surface area contributed by atoms with Crippen molar-refractivity contribution >= 4 is 34.8 Å². The first-order chi connectivity index (χ1) is 12.4. The molecule has 3 rings (SSSR count). The third kappa shape index (κ3) is 4.29. The van der Waals surface area contributed by atoms with E-state index in [4.69, 9.17) is 17.3 Å². The van der Waals surface area contributed by atoms with E-state index < -0.39 is 5.97 Å². The van der Waals surface area contributed by atoms with Gasteiger partial charge in [-0.1, -0.05) is 0 Å². The number of nitrogens with zero attached hydrogens (tertiary/aromatic N) is 3. The Labute approximate surface area is 158 Å². The van der Waals surface area contributed by atoms with Crippen molar-refractivity contribution in [1.29, 1.82) is 0 Å². The van der Waals surface area contributed by atoms with Crippen LogP contribution in [0.15, 0.2) is 36.4 Å².